The number of rotatable bonds is 4. The lowest BCUT2D eigenvalue weighted by Gasteiger charge is -2.07. The molecule has 3 rings (SSSR count). The summed E-state index contributed by atoms with van der Waals surface area (Å²) in [5.41, 5.74) is 1.24. The van der Waals surface area contributed by atoms with E-state index in [2.05, 4.69) is 10.3 Å². The third kappa shape index (κ3) is 3.01. The van der Waals surface area contributed by atoms with Crippen LogP contribution in [0.3, 0.4) is 0 Å². The molecule has 0 aliphatic rings. The molecule has 0 atom stereocenters. The number of benzene rings is 1. The average Bonchev–Trinajstić information content (AvgIpc) is 3.18. The minimum atomic E-state index is -0.189. The highest BCUT2D eigenvalue weighted by Crippen LogP contribution is 2.25. The van der Waals surface area contributed by atoms with Crippen molar-refractivity contribution < 1.29 is 4.79 Å². The molecule has 21 heavy (non-hydrogen) atoms. The molecule has 0 radical (unpaired) electrons. The topological polar surface area (TPSA) is 46.9 Å². The number of thioether (sulfide) groups is 1. The van der Waals surface area contributed by atoms with Gasteiger partial charge in [0, 0.05) is 22.7 Å². The Bertz CT molecular complexity index is 750. The number of nitrogens with zero attached hydrogens (tertiary/aromatic N) is 2. The Kier molecular flexibility index (Phi) is 4.08. The molecule has 0 bridgehead atoms. The number of thiazole rings is 1. The normalized spacial score (nSPS) is 10.5. The lowest BCUT2D eigenvalue weighted by Crippen LogP contribution is -2.13. The van der Waals surface area contributed by atoms with E-state index in [1.807, 2.05) is 59.6 Å². The number of carbonyl (C=O) groups excluding carboxylic acids is 1. The lowest BCUT2D eigenvalue weighted by atomic mass is 10.3. The van der Waals surface area contributed by atoms with E-state index in [1.54, 1.807) is 17.1 Å². The molecule has 1 N–H and O–H groups in total. The molecular formula is C15H13N3OS2. The van der Waals surface area contributed by atoms with E-state index in [4.69, 9.17) is 0 Å². The number of anilines is 1. The zero-order chi connectivity index (χ0) is 14.7. The van der Waals surface area contributed by atoms with Crippen LogP contribution >= 0.6 is 23.1 Å². The third-order valence-corrected chi connectivity index (χ3v) is 4.56. The van der Waals surface area contributed by atoms with E-state index in [-0.39, 0.29) is 5.91 Å². The summed E-state index contributed by atoms with van der Waals surface area (Å²) in [4.78, 5) is 17.7. The number of carbonyl (C=O) groups is 1. The van der Waals surface area contributed by atoms with Crippen LogP contribution in [0.25, 0.3) is 5.13 Å². The zero-order valence-corrected chi connectivity index (χ0v) is 12.9. The van der Waals surface area contributed by atoms with Crippen LogP contribution in [-0.4, -0.2) is 21.7 Å². The van der Waals surface area contributed by atoms with Crippen molar-refractivity contribution in [2.24, 2.45) is 0 Å². The van der Waals surface area contributed by atoms with Crippen molar-refractivity contribution in [3.05, 3.63) is 59.9 Å². The Morgan fingerprint density at radius 2 is 2.00 bits per heavy atom. The van der Waals surface area contributed by atoms with Crippen LogP contribution in [0.4, 0.5) is 5.69 Å². The second kappa shape index (κ2) is 6.15. The molecule has 6 heteroatoms. The summed E-state index contributed by atoms with van der Waals surface area (Å²) in [6, 6.07) is 11.6. The van der Waals surface area contributed by atoms with Crippen molar-refractivity contribution >= 4 is 34.7 Å². The first-order chi connectivity index (χ1) is 10.3. The van der Waals surface area contributed by atoms with Gasteiger partial charge in [-0.15, -0.1) is 23.1 Å². The maximum Gasteiger partial charge on any atom is 0.275 e. The number of hydrogen-bond donors (Lipinski definition) is 1. The van der Waals surface area contributed by atoms with Crippen molar-refractivity contribution in [2.45, 2.75) is 4.90 Å². The molecule has 0 aliphatic carbocycles. The number of para-hydroxylation sites is 1. The van der Waals surface area contributed by atoms with Gasteiger partial charge >= 0.3 is 0 Å². The monoisotopic (exact) mass is 315 g/mol. The Morgan fingerprint density at radius 3 is 2.76 bits per heavy atom. The molecule has 0 fully saturated rings. The molecule has 3 aromatic rings. The molecule has 0 saturated heterocycles. The Balaban J connectivity index is 1.80. The van der Waals surface area contributed by atoms with Crippen LogP contribution < -0.4 is 5.32 Å². The van der Waals surface area contributed by atoms with Gasteiger partial charge in [0.15, 0.2) is 5.13 Å². The van der Waals surface area contributed by atoms with Gasteiger partial charge in [-0.3, -0.25) is 4.79 Å². The van der Waals surface area contributed by atoms with Gasteiger partial charge in [0.1, 0.15) is 5.69 Å². The molecule has 0 saturated carbocycles. The highest BCUT2D eigenvalue weighted by molar-refractivity contribution is 7.98. The quantitative estimate of drug-likeness (QED) is 0.743. The molecule has 106 valence electrons. The number of hydrogen-bond acceptors (Lipinski definition) is 4. The summed E-state index contributed by atoms with van der Waals surface area (Å²) in [6.07, 6.45) is 5.80. The van der Waals surface area contributed by atoms with Gasteiger partial charge in [0.25, 0.3) is 5.91 Å². The fourth-order valence-corrected chi connectivity index (χ4v) is 3.21. The summed E-state index contributed by atoms with van der Waals surface area (Å²) in [6.45, 7) is 0. The Hall–Kier alpha value is -2.05. The van der Waals surface area contributed by atoms with E-state index in [1.165, 1.54) is 11.3 Å². The summed E-state index contributed by atoms with van der Waals surface area (Å²) >= 11 is 3.04. The fraction of sp³-hybridized carbons (Fsp3) is 0.0667. The molecule has 1 amide bonds. The van der Waals surface area contributed by atoms with Crippen LogP contribution in [0.15, 0.2) is 59.1 Å². The van der Waals surface area contributed by atoms with E-state index < -0.39 is 0 Å². The zero-order valence-electron chi connectivity index (χ0n) is 11.3. The largest absolute Gasteiger partial charge is 0.320 e. The van der Waals surface area contributed by atoms with E-state index in [9.17, 15) is 4.79 Å². The first-order valence-electron chi connectivity index (χ1n) is 6.31. The van der Waals surface area contributed by atoms with Crippen LogP contribution in [0.1, 0.15) is 10.5 Å². The van der Waals surface area contributed by atoms with E-state index in [0.717, 1.165) is 15.7 Å². The molecule has 0 spiro atoms. The maximum absolute atomic E-state index is 12.3. The predicted octanol–water partition coefficient (Wildman–Crippen LogP) is 3.91. The maximum atomic E-state index is 12.3. The summed E-state index contributed by atoms with van der Waals surface area (Å²) in [5.74, 6) is -0.189. The highest BCUT2D eigenvalue weighted by atomic mass is 32.2. The summed E-state index contributed by atoms with van der Waals surface area (Å²) < 4.78 is 1.89. The van der Waals surface area contributed by atoms with Crippen molar-refractivity contribution in [1.29, 1.82) is 0 Å². The smallest absolute Gasteiger partial charge is 0.275 e. The molecular weight excluding hydrogens is 302 g/mol. The second-order valence-electron chi connectivity index (χ2n) is 4.26. The van der Waals surface area contributed by atoms with E-state index >= 15 is 0 Å². The van der Waals surface area contributed by atoms with Gasteiger partial charge in [0.05, 0.1) is 5.69 Å². The molecule has 0 unspecified atom stereocenters. The Morgan fingerprint density at radius 1 is 1.24 bits per heavy atom. The van der Waals surface area contributed by atoms with Crippen molar-refractivity contribution in [3.8, 4) is 5.13 Å². The fourth-order valence-electron chi connectivity index (χ4n) is 1.88. The van der Waals surface area contributed by atoms with E-state index in [0.29, 0.717) is 5.69 Å². The summed E-state index contributed by atoms with van der Waals surface area (Å²) in [7, 11) is 0. The van der Waals surface area contributed by atoms with Gasteiger partial charge in [-0.25, -0.2) is 4.98 Å². The van der Waals surface area contributed by atoms with Crippen molar-refractivity contribution in [2.75, 3.05) is 11.6 Å². The average molecular weight is 315 g/mol. The molecule has 2 heterocycles. The van der Waals surface area contributed by atoms with Gasteiger partial charge in [0.2, 0.25) is 0 Å². The van der Waals surface area contributed by atoms with Gasteiger partial charge in [-0.05, 0) is 30.5 Å². The van der Waals surface area contributed by atoms with Gasteiger partial charge in [-0.1, -0.05) is 12.1 Å². The minimum absolute atomic E-state index is 0.189. The first-order valence-corrected chi connectivity index (χ1v) is 8.41. The number of nitrogens with one attached hydrogen (secondary N) is 1. The molecule has 4 nitrogen and oxygen atoms in total. The van der Waals surface area contributed by atoms with Crippen LogP contribution in [0.5, 0.6) is 0 Å². The van der Waals surface area contributed by atoms with Crippen molar-refractivity contribution in [3.63, 3.8) is 0 Å². The number of aromatic nitrogens is 2. The third-order valence-electron chi connectivity index (χ3n) is 2.91. The van der Waals surface area contributed by atoms with Gasteiger partial charge < -0.3 is 9.88 Å². The predicted molar refractivity (Wildman–Crippen MR) is 87.6 cm³/mol. The SMILES string of the molecule is CSc1ccccc1NC(=O)c1csc(-n2cccc2)n1. The van der Waals surface area contributed by atoms with Crippen molar-refractivity contribution in [1.82, 2.24) is 9.55 Å². The molecule has 1 aromatic carbocycles. The molecule has 2 aromatic heterocycles. The van der Waals surface area contributed by atoms with Gasteiger partial charge in [-0.2, -0.15) is 0 Å². The van der Waals surface area contributed by atoms with Crippen LogP contribution in [0.2, 0.25) is 0 Å². The number of amides is 1. The Labute approximate surface area is 130 Å². The highest BCUT2D eigenvalue weighted by Gasteiger charge is 2.13. The van der Waals surface area contributed by atoms with Crippen LogP contribution in [0, 0.1) is 0 Å². The lowest BCUT2D eigenvalue weighted by molar-refractivity contribution is 0.102. The first kappa shape index (κ1) is 13.9. The molecule has 0 aliphatic heterocycles. The second-order valence-corrected chi connectivity index (χ2v) is 5.94. The van der Waals surface area contributed by atoms with Crippen LogP contribution in [-0.2, 0) is 0 Å². The summed E-state index contributed by atoms with van der Waals surface area (Å²) in [5, 5.41) is 5.46. The standard InChI is InChI=1S/C15H13N3OS2/c1-20-13-7-3-2-6-11(13)16-14(19)12-10-21-15(17-12)18-8-4-5-9-18/h2-10H,1H3,(H,16,19). The minimum Gasteiger partial charge on any atom is -0.320 e.